The van der Waals surface area contributed by atoms with Crippen molar-refractivity contribution in [3.8, 4) is 0 Å². The molecule has 1 aromatic carbocycles. The van der Waals surface area contributed by atoms with Crippen molar-refractivity contribution in [3.63, 3.8) is 0 Å². The lowest BCUT2D eigenvalue weighted by molar-refractivity contribution is -0.137. The maximum Gasteiger partial charge on any atom is 0.321 e. The summed E-state index contributed by atoms with van der Waals surface area (Å²) in [5, 5.41) is 11.6. The van der Waals surface area contributed by atoms with Gasteiger partial charge in [0.1, 0.15) is 0 Å². The molecule has 0 spiro atoms. The van der Waals surface area contributed by atoms with Gasteiger partial charge in [-0.1, -0.05) is 39.8 Å². The Hall–Kier alpha value is -2.04. The number of nitrogens with one attached hydrogen (secondary N) is 1. The number of hydrogen-bond acceptors (Lipinski definition) is 2. The maximum absolute atomic E-state index is 12.1. The fraction of sp³-hybridized carbons (Fsp3) is 0.529. The highest BCUT2D eigenvalue weighted by molar-refractivity contribution is 5.90. The van der Waals surface area contributed by atoms with E-state index in [1.807, 2.05) is 12.1 Å². The molecule has 0 aromatic heterocycles. The van der Waals surface area contributed by atoms with E-state index in [2.05, 4.69) is 39.1 Å². The van der Waals surface area contributed by atoms with Crippen molar-refractivity contribution in [2.24, 2.45) is 0 Å². The SMILES string of the molecule is CC(C)c1ccc(NC(=O)N(C)CCC(=O)O)c(C(C)C)c1. The molecule has 2 amide bonds. The summed E-state index contributed by atoms with van der Waals surface area (Å²) in [6, 6.07) is 5.78. The van der Waals surface area contributed by atoms with Crippen LogP contribution >= 0.6 is 0 Å². The second-order valence-electron chi connectivity index (χ2n) is 6.15. The van der Waals surface area contributed by atoms with Gasteiger partial charge in [-0.3, -0.25) is 4.79 Å². The lowest BCUT2D eigenvalue weighted by Gasteiger charge is -2.21. The molecule has 5 nitrogen and oxygen atoms in total. The third-order valence-corrected chi connectivity index (χ3v) is 3.61. The minimum atomic E-state index is -0.913. The molecule has 0 heterocycles. The van der Waals surface area contributed by atoms with Gasteiger partial charge >= 0.3 is 12.0 Å². The van der Waals surface area contributed by atoms with Crippen LogP contribution < -0.4 is 5.32 Å². The Kier molecular flexibility index (Phi) is 6.40. The molecule has 0 aliphatic rings. The summed E-state index contributed by atoms with van der Waals surface area (Å²) < 4.78 is 0. The first kappa shape index (κ1) is 18.0. The lowest BCUT2D eigenvalue weighted by atomic mass is 9.94. The monoisotopic (exact) mass is 306 g/mol. The average Bonchev–Trinajstić information content (AvgIpc) is 2.44. The first-order chi connectivity index (χ1) is 10.2. The molecule has 0 saturated carbocycles. The van der Waals surface area contributed by atoms with E-state index in [9.17, 15) is 9.59 Å². The van der Waals surface area contributed by atoms with E-state index in [0.717, 1.165) is 11.3 Å². The molecule has 122 valence electrons. The topological polar surface area (TPSA) is 69.6 Å². The van der Waals surface area contributed by atoms with Gasteiger partial charge in [0, 0.05) is 19.3 Å². The van der Waals surface area contributed by atoms with Crippen LogP contribution in [-0.4, -0.2) is 35.6 Å². The smallest absolute Gasteiger partial charge is 0.321 e. The fourth-order valence-corrected chi connectivity index (χ4v) is 2.11. The predicted octanol–water partition coefficient (Wildman–Crippen LogP) is 3.87. The van der Waals surface area contributed by atoms with Crippen molar-refractivity contribution in [2.45, 2.75) is 46.0 Å². The minimum absolute atomic E-state index is 0.0623. The van der Waals surface area contributed by atoms with Crippen molar-refractivity contribution in [2.75, 3.05) is 18.9 Å². The predicted molar refractivity (Wildman–Crippen MR) is 88.5 cm³/mol. The van der Waals surface area contributed by atoms with Crippen LogP contribution in [0.2, 0.25) is 0 Å². The quantitative estimate of drug-likeness (QED) is 0.838. The van der Waals surface area contributed by atoms with Gasteiger partial charge in [-0.2, -0.15) is 0 Å². The number of hydrogen-bond donors (Lipinski definition) is 2. The third-order valence-electron chi connectivity index (χ3n) is 3.61. The third kappa shape index (κ3) is 5.06. The number of carbonyl (C=O) groups is 2. The normalized spacial score (nSPS) is 10.9. The van der Waals surface area contributed by atoms with Crippen LogP contribution in [0.5, 0.6) is 0 Å². The van der Waals surface area contributed by atoms with Crippen molar-refractivity contribution in [1.29, 1.82) is 0 Å². The molecule has 0 fully saturated rings. The Labute approximate surface area is 132 Å². The van der Waals surface area contributed by atoms with E-state index >= 15 is 0 Å². The van der Waals surface area contributed by atoms with Crippen molar-refractivity contribution >= 4 is 17.7 Å². The number of anilines is 1. The van der Waals surface area contributed by atoms with Gasteiger partial charge in [0.25, 0.3) is 0 Å². The molecule has 0 bridgehead atoms. The van der Waals surface area contributed by atoms with Crippen LogP contribution in [0.1, 0.15) is 57.1 Å². The Morgan fingerprint density at radius 1 is 1.18 bits per heavy atom. The number of carboxylic acid groups (broad SMARTS) is 1. The summed E-state index contributed by atoms with van der Waals surface area (Å²) in [5.41, 5.74) is 3.11. The van der Waals surface area contributed by atoms with Gasteiger partial charge < -0.3 is 15.3 Å². The Morgan fingerprint density at radius 3 is 2.32 bits per heavy atom. The Bertz CT molecular complexity index is 539. The number of rotatable bonds is 6. The van der Waals surface area contributed by atoms with Gasteiger partial charge in [-0.15, -0.1) is 0 Å². The van der Waals surface area contributed by atoms with Gasteiger partial charge in [-0.05, 0) is 29.0 Å². The zero-order chi connectivity index (χ0) is 16.9. The fourth-order valence-electron chi connectivity index (χ4n) is 2.11. The van der Waals surface area contributed by atoms with Gasteiger partial charge in [-0.25, -0.2) is 4.79 Å². The zero-order valence-electron chi connectivity index (χ0n) is 14.0. The molecular weight excluding hydrogens is 280 g/mol. The lowest BCUT2D eigenvalue weighted by Crippen LogP contribution is -2.33. The molecule has 0 radical (unpaired) electrons. The molecule has 0 unspecified atom stereocenters. The van der Waals surface area contributed by atoms with E-state index in [1.165, 1.54) is 10.5 Å². The standard InChI is InChI=1S/C17H26N2O3/c1-11(2)13-6-7-15(14(10-13)12(3)4)18-17(22)19(5)9-8-16(20)21/h6-7,10-12H,8-9H2,1-5H3,(H,18,22)(H,20,21). The molecular formula is C17H26N2O3. The second-order valence-corrected chi connectivity index (χ2v) is 6.15. The summed E-state index contributed by atoms with van der Waals surface area (Å²) in [5.74, 6) is -0.192. The largest absolute Gasteiger partial charge is 0.481 e. The first-order valence-electron chi connectivity index (χ1n) is 7.60. The Morgan fingerprint density at radius 2 is 1.82 bits per heavy atom. The minimum Gasteiger partial charge on any atom is -0.481 e. The van der Waals surface area contributed by atoms with Crippen molar-refractivity contribution < 1.29 is 14.7 Å². The molecule has 22 heavy (non-hydrogen) atoms. The van der Waals surface area contributed by atoms with Gasteiger partial charge in [0.15, 0.2) is 0 Å². The number of amides is 2. The first-order valence-corrected chi connectivity index (χ1v) is 7.60. The highest BCUT2D eigenvalue weighted by Gasteiger charge is 2.15. The summed E-state index contributed by atoms with van der Waals surface area (Å²) in [6.07, 6.45) is -0.0623. The van der Waals surface area contributed by atoms with Gasteiger partial charge in [0.05, 0.1) is 6.42 Å². The van der Waals surface area contributed by atoms with Crippen LogP contribution in [0.25, 0.3) is 0 Å². The number of aliphatic carboxylic acids is 1. The molecule has 0 atom stereocenters. The summed E-state index contributed by atoms with van der Waals surface area (Å²) >= 11 is 0. The van der Waals surface area contributed by atoms with Crippen LogP contribution in [0.4, 0.5) is 10.5 Å². The molecule has 0 saturated heterocycles. The van der Waals surface area contributed by atoms with E-state index in [0.29, 0.717) is 11.8 Å². The number of carbonyl (C=O) groups excluding carboxylic acids is 1. The van der Waals surface area contributed by atoms with Crippen molar-refractivity contribution in [1.82, 2.24) is 4.90 Å². The van der Waals surface area contributed by atoms with Crippen LogP contribution in [0.3, 0.4) is 0 Å². The van der Waals surface area contributed by atoms with Gasteiger partial charge in [0.2, 0.25) is 0 Å². The molecule has 1 rings (SSSR count). The average molecular weight is 306 g/mol. The van der Waals surface area contributed by atoms with E-state index in [1.54, 1.807) is 7.05 Å². The van der Waals surface area contributed by atoms with Crippen LogP contribution in [0, 0.1) is 0 Å². The van der Waals surface area contributed by atoms with E-state index in [-0.39, 0.29) is 19.0 Å². The maximum atomic E-state index is 12.1. The molecule has 0 aliphatic heterocycles. The highest BCUT2D eigenvalue weighted by atomic mass is 16.4. The molecule has 2 N–H and O–H groups in total. The second kappa shape index (κ2) is 7.82. The summed E-state index contributed by atoms with van der Waals surface area (Å²) in [7, 11) is 1.59. The van der Waals surface area contributed by atoms with Crippen molar-refractivity contribution in [3.05, 3.63) is 29.3 Å². The van der Waals surface area contributed by atoms with Crippen LogP contribution in [-0.2, 0) is 4.79 Å². The number of nitrogens with zero attached hydrogens (tertiary/aromatic N) is 1. The molecule has 1 aromatic rings. The Balaban J connectivity index is 2.88. The zero-order valence-corrected chi connectivity index (χ0v) is 14.0. The van der Waals surface area contributed by atoms with E-state index < -0.39 is 5.97 Å². The van der Waals surface area contributed by atoms with Crippen LogP contribution in [0.15, 0.2) is 18.2 Å². The summed E-state index contributed by atoms with van der Waals surface area (Å²) in [6.45, 7) is 8.63. The molecule has 0 aliphatic carbocycles. The summed E-state index contributed by atoms with van der Waals surface area (Å²) in [4.78, 5) is 24.1. The number of carboxylic acids is 1. The molecule has 5 heteroatoms. The highest BCUT2D eigenvalue weighted by Crippen LogP contribution is 2.28. The number of urea groups is 1. The van der Waals surface area contributed by atoms with E-state index in [4.69, 9.17) is 5.11 Å². The number of benzene rings is 1.